The van der Waals surface area contributed by atoms with E-state index in [4.69, 9.17) is 10.8 Å². The van der Waals surface area contributed by atoms with Gasteiger partial charge in [-0.2, -0.15) is 12.6 Å². The van der Waals surface area contributed by atoms with E-state index in [0.717, 1.165) is 12.8 Å². The van der Waals surface area contributed by atoms with Crippen LogP contribution >= 0.6 is 12.6 Å². The lowest BCUT2D eigenvalue weighted by Crippen LogP contribution is -2.32. The quantitative estimate of drug-likeness (QED) is 0.620. The van der Waals surface area contributed by atoms with Gasteiger partial charge in [0.2, 0.25) is 0 Å². The first kappa shape index (κ1) is 17.2. The second kappa shape index (κ2) is 11.9. The van der Waals surface area contributed by atoms with Crippen molar-refractivity contribution in [2.24, 2.45) is 5.73 Å². The number of unbranched alkanes of at least 4 members (excludes halogenated alkanes) is 1. The second-order valence-corrected chi connectivity index (χ2v) is 4.35. The summed E-state index contributed by atoms with van der Waals surface area (Å²) in [5.41, 5.74) is 5.30. The first-order chi connectivity index (χ1) is 6.99. The molecule has 0 heterocycles. The predicted octanol–water partition coefficient (Wildman–Crippen LogP) is 2.69. The summed E-state index contributed by atoms with van der Waals surface area (Å²) in [7, 11) is 0. The maximum absolute atomic E-state index is 10.3. The van der Waals surface area contributed by atoms with Gasteiger partial charge in [0.15, 0.2) is 0 Å². The van der Waals surface area contributed by atoms with Crippen LogP contribution in [0, 0.1) is 0 Å². The van der Waals surface area contributed by atoms with E-state index in [-0.39, 0.29) is 5.25 Å². The Kier molecular flexibility index (Phi) is 13.6. The molecule has 0 aliphatic rings. The minimum absolute atomic E-state index is 0.117. The van der Waals surface area contributed by atoms with E-state index in [0.29, 0.717) is 6.42 Å². The van der Waals surface area contributed by atoms with Crippen LogP contribution in [0.1, 0.15) is 52.9 Å². The summed E-state index contributed by atoms with van der Waals surface area (Å²) in [5, 5.41) is 8.56. The Hall–Kier alpha value is -0.220. The zero-order valence-electron chi connectivity index (χ0n) is 10.1. The average Bonchev–Trinajstić information content (AvgIpc) is 2.18. The summed E-state index contributed by atoms with van der Waals surface area (Å²) in [4.78, 5) is 10.3. The van der Waals surface area contributed by atoms with Crippen molar-refractivity contribution in [2.75, 3.05) is 0 Å². The van der Waals surface area contributed by atoms with E-state index in [9.17, 15) is 4.79 Å². The van der Waals surface area contributed by atoms with E-state index in [1.54, 1.807) is 0 Å². The maximum atomic E-state index is 10.3. The molecule has 0 radical (unpaired) electrons. The molecule has 0 aromatic heterocycles. The summed E-state index contributed by atoms with van der Waals surface area (Å²) in [6.45, 7) is 6.40. The van der Waals surface area contributed by atoms with Crippen molar-refractivity contribution in [2.45, 2.75) is 64.2 Å². The number of thiol groups is 1. The van der Waals surface area contributed by atoms with Crippen molar-refractivity contribution in [3.8, 4) is 0 Å². The zero-order chi connectivity index (χ0) is 12.3. The third-order valence-corrected chi connectivity index (χ3v) is 2.43. The highest BCUT2D eigenvalue weighted by atomic mass is 32.1. The number of carbonyl (C=O) groups is 1. The van der Waals surface area contributed by atoms with Gasteiger partial charge in [0.1, 0.15) is 6.04 Å². The number of aliphatic carboxylic acids is 1. The van der Waals surface area contributed by atoms with Gasteiger partial charge in [0, 0.05) is 5.25 Å². The SMILES string of the molecule is CCCC.CCCC(S)CC(N)C(=O)O. The fourth-order valence-electron chi connectivity index (χ4n) is 0.845. The van der Waals surface area contributed by atoms with Gasteiger partial charge in [-0.1, -0.05) is 40.0 Å². The van der Waals surface area contributed by atoms with Crippen LogP contribution in [0.3, 0.4) is 0 Å². The standard InChI is InChI=1S/C7H15NO2S.C4H10/c1-2-3-5(11)4-6(8)7(9)10;1-3-4-2/h5-6,11H,2-4,8H2,1H3,(H,9,10);3-4H2,1-2H3. The van der Waals surface area contributed by atoms with Crippen molar-refractivity contribution in [1.29, 1.82) is 0 Å². The first-order valence-electron chi connectivity index (χ1n) is 5.65. The van der Waals surface area contributed by atoms with Crippen LogP contribution in [0.2, 0.25) is 0 Å². The third kappa shape index (κ3) is 13.8. The summed E-state index contributed by atoms with van der Waals surface area (Å²) in [6.07, 6.45) is 5.02. The van der Waals surface area contributed by atoms with E-state index in [1.165, 1.54) is 12.8 Å². The fraction of sp³-hybridized carbons (Fsp3) is 0.909. The normalized spacial score (nSPS) is 13.7. The molecule has 92 valence electrons. The molecule has 0 aromatic rings. The lowest BCUT2D eigenvalue weighted by molar-refractivity contribution is -0.138. The van der Waals surface area contributed by atoms with Crippen molar-refractivity contribution in [3.63, 3.8) is 0 Å². The molecule has 15 heavy (non-hydrogen) atoms. The molecule has 3 N–H and O–H groups in total. The van der Waals surface area contributed by atoms with Crippen LogP contribution in [0.4, 0.5) is 0 Å². The lowest BCUT2D eigenvalue weighted by atomic mass is 10.1. The average molecular weight is 235 g/mol. The van der Waals surface area contributed by atoms with E-state index in [1.807, 2.05) is 6.92 Å². The van der Waals surface area contributed by atoms with Crippen LogP contribution in [0.5, 0.6) is 0 Å². The molecule has 2 atom stereocenters. The molecular formula is C11H25NO2S. The molecule has 0 aliphatic heterocycles. The van der Waals surface area contributed by atoms with Crippen LogP contribution in [0.25, 0.3) is 0 Å². The molecule has 0 saturated carbocycles. The Balaban J connectivity index is 0. The monoisotopic (exact) mass is 235 g/mol. The van der Waals surface area contributed by atoms with E-state index < -0.39 is 12.0 Å². The molecule has 0 aliphatic carbocycles. The number of nitrogens with two attached hydrogens (primary N) is 1. The molecule has 0 amide bonds. The summed E-state index contributed by atoms with van der Waals surface area (Å²) in [5.74, 6) is -0.944. The van der Waals surface area contributed by atoms with Gasteiger partial charge >= 0.3 is 5.97 Å². The molecular weight excluding hydrogens is 210 g/mol. The molecule has 0 fully saturated rings. The molecule has 2 unspecified atom stereocenters. The van der Waals surface area contributed by atoms with Gasteiger partial charge in [-0.3, -0.25) is 4.79 Å². The molecule has 3 nitrogen and oxygen atoms in total. The van der Waals surface area contributed by atoms with Crippen LogP contribution < -0.4 is 5.73 Å². The van der Waals surface area contributed by atoms with E-state index >= 15 is 0 Å². The first-order valence-corrected chi connectivity index (χ1v) is 6.17. The number of carboxylic acids is 1. The largest absolute Gasteiger partial charge is 0.480 e. The Bertz CT molecular complexity index is 152. The Morgan fingerprint density at radius 2 is 1.73 bits per heavy atom. The van der Waals surface area contributed by atoms with Gasteiger partial charge in [-0.05, 0) is 12.8 Å². The molecule has 0 aromatic carbocycles. The highest BCUT2D eigenvalue weighted by molar-refractivity contribution is 7.80. The smallest absolute Gasteiger partial charge is 0.320 e. The summed E-state index contributed by atoms with van der Waals surface area (Å²) >= 11 is 4.20. The molecule has 0 saturated heterocycles. The number of hydrogen-bond acceptors (Lipinski definition) is 3. The topological polar surface area (TPSA) is 63.3 Å². The molecule has 0 spiro atoms. The highest BCUT2D eigenvalue weighted by Gasteiger charge is 2.14. The summed E-state index contributed by atoms with van der Waals surface area (Å²) in [6, 6.07) is -0.760. The van der Waals surface area contributed by atoms with Gasteiger partial charge in [0.25, 0.3) is 0 Å². The van der Waals surface area contributed by atoms with Crippen molar-refractivity contribution < 1.29 is 9.90 Å². The van der Waals surface area contributed by atoms with Crippen LogP contribution in [0.15, 0.2) is 0 Å². The van der Waals surface area contributed by atoms with Crippen molar-refractivity contribution in [3.05, 3.63) is 0 Å². The zero-order valence-corrected chi connectivity index (χ0v) is 11.0. The predicted molar refractivity (Wildman–Crippen MR) is 68.5 cm³/mol. The Morgan fingerprint density at radius 3 is 2.00 bits per heavy atom. The van der Waals surface area contributed by atoms with Gasteiger partial charge in [0.05, 0.1) is 0 Å². The van der Waals surface area contributed by atoms with Crippen molar-refractivity contribution in [1.82, 2.24) is 0 Å². The van der Waals surface area contributed by atoms with Crippen LogP contribution in [-0.2, 0) is 4.79 Å². The second-order valence-electron chi connectivity index (χ2n) is 3.62. The highest BCUT2D eigenvalue weighted by Crippen LogP contribution is 2.10. The fourth-order valence-corrected chi connectivity index (χ4v) is 1.33. The Labute approximate surface area is 98.8 Å². The molecule has 0 bridgehead atoms. The third-order valence-electron chi connectivity index (χ3n) is 1.97. The van der Waals surface area contributed by atoms with Gasteiger partial charge in [-0.15, -0.1) is 0 Å². The van der Waals surface area contributed by atoms with Gasteiger partial charge in [-0.25, -0.2) is 0 Å². The number of hydrogen-bond donors (Lipinski definition) is 3. The number of carboxylic acid groups (broad SMARTS) is 1. The summed E-state index contributed by atoms with van der Waals surface area (Å²) < 4.78 is 0. The lowest BCUT2D eigenvalue weighted by Gasteiger charge is -2.11. The van der Waals surface area contributed by atoms with Gasteiger partial charge < -0.3 is 10.8 Å². The minimum Gasteiger partial charge on any atom is -0.480 e. The van der Waals surface area contributed by atoms with Crippen LogP contribution in [-0.4, -0.2) is 22.4 Å². The van der Waals surface area contributed by atoms with Crippen molar-refractivity contribution >= 4 is 18.6 Å². The molecule has 0 rings (SSSR count). The van der Waals surface area contributed by atoms with E-state index in [2.05, 4.69) is 26.5 Å². The Morgan fingerprint density at radius 1 is 1.27 bits per heavy atom. The maximum Gasteiger partial charge on any atom is 0.320 e. The number of rotatable bonds is 6. The minimum atomic E-state index is -0.944. The molecule has 4 heteroatoms.